The Balaban J connectivity index is 0.000000252. The Bertz CT molecular complexity index is 576. The third-order valence-electron chi connectivity index (χ3n) is 8.09. The second-order valence-electron chi connectivity index (χ2n) is 13.1. The molecule has 0 aromatic carbocycles. The first-order chi connectivity index (χ1) is 19.6. The fraction of sp³-hybridized carbons (Fsp3) is 1.00. The van der Waals surface area contributed by atoms with Crippen molar-refractivity contribution in [2.24, 2.45) is 0 Å². The summed E-state index contributed by atoms with van der Waals surface area (Å²) in [6.45, 7) is 10.1. The third-order valence-corrected chi connectivity index (χ3v) is 8.09. The fourth-order valence-electron chi connectivity index (χ4n) is 5.37. The number of aliphatic hydroxyl groups is 2. The summed E-state index contributed by atoms with van der Waals surface area (Å²) in [4.78, 5) is 12.3. The van der Waals surface area contributed by atoms with Crippen molar-refractivity contribution in [2.45, 2.75) is 75.4 Å². The Morgan fingerprint density at radius 2 is 0.881 bits per heavy atom. The van der Waals surface area contributed by atoms with E-state index in [0.717, 1.165) is 65.0 Å². The van der Waals surface area contributed by atoms with Gasteiger partial charge in [-0.3, -0.25) is 0 Å². The monoisotopic (exact) mass is 614 g/mol. The van der Waals surface area contributed by atoms with E-state index in [9.17, 15) is 17.6 Å². The second-order valence-corrected chi connectivity index (χ2v) is 13.1. The highest BCUT2D eigenvalue weighted by Gasteiger charge is 2.36. The van der Waals surface area contributed by atoms with Crippen LogP contribution in [0.15, 0.2) is 0 Å². The van der Waals surface area contributed by atoms with Gasteiger partial charge in [0.2, 0.25) is 0 Å². The van der Waals surface area contributed by atoms with Crippen LogP contribution in [0.1, 0.15) is 44.9 Å². The van der Waals surface area contributed by atoms with Crippen molar-refractivity contribution >= 4 is 0 Å². The van der Waals surface area contributed by atoms with Crippen molar-refractivity contribution in [3.05, 3.63) is 0 Å². The highest BCUT2D eigenvalue weighted by molar-refractivity contribution is 4.79. The molecule has 0 spiro atoms. The standard InChI is InChI=1S/C5H9F2N.2C5H10FN.2C5H11NO.C5H11N/c1-8-3-2-5(6,7)4-8;2*1-7-3-2-5(6)4-7;2*1-6-3-2-5(7)4-6;1-6-4-2-3-5-6/h2-4H2,1H3;2*5H,2-4H2,1H3;2*5,7H,2-4H2,1H3;2-5H2,1H3/t;4*5-;/m.1010./s1. The number of nitrogens with zero attached hydrogens (tertiary/aromatic N) is 6. The molecule has 6 rings (SSSR count). The molecule has 8 nitrogen and oxygen atoms in total. The van der Waals surface area contributed by atoms with Crippen LogP contribution < -0.4 is 0 Å². The number of β-amino-alcohol motifs (C(OH)–C–C–N with tert-alkyl or cyclic N) is 2. The molecule has 0 amide bonds. The van der Waals surface area contributed by atoms with Crippen LogP contribution in [0.2, 0.25) is 0 Å². The van der Waals surface area contributed by atoms with Crippen LogP contribution in [0.4, 0.5) is 17.6 Å². The Kier molecular flexibility index (Phi) is 19.9. The normalized spacial score (nSPS) is 32.0. The number of hydrogen-bond acceptors (Lipinski definition) is 8. The van der Waals surface area contributed by atoms with Crippen LogP contribution in [0, 0.1) is 0 Å². The van der Waals surface area contributed by atoms with Gasteiger partial charge in [0.25, 0.3) is 5.92 Å². The first kappa shape index (κ1) is 39.4. The zero-order valence-electron chi connectivity index (χ0n) is 27.3. The van der Waals surface area contributed by atoms with Gasteiger partial charge in [-0.15, -0.1) is 0 Å². The van der Waals surface area contributed by atoms with Gasteiger partial charge < -0.3 is 39.6 Å². The molecule has 0 aliphatic carbocycles. The van der Waals surface area contributed by atoms with E-state index in [1.807, 2.05) is 38.0 Å². The third kappa shape index (κ3) is 20.4. The van der Waals surface area contributed by atoms with Gasteiger partial charge >= 0.3 is 0 Å². The largest absolute Gasteiger partial charge is 0.392 e. The molecule has 4 atom stereocenters. The van der Waals surface area contributed by atoms with Gasteiger partial charge in [0, 0.05) is 65.3 Å². The predicted octanol–water partition coefficient (Wildman–Crippen LogP) is 2.35. The van der Waals surface area contributed by atoms with Crippen LogP contribution in [-0.4, -0.2) is 191 Å². The van der Waals surface area contributed by atoms with Crippen LogP contribution in [0.5, 0.6) is 0 Å². The molecule has 0 bridgehead atoms. The number of hydrogen-bond donors (Lipinski definition) is 2. The van der Waals surface area contributed by atoms with E-state index in [2.05, 4.69) is 21.7 Å². The molecule has 2 N–H and O–H groups in total. The molecule has 0 aromatic heterocycles. The molecule has 6 heterocycles. The molecule has 0 unspecified atom stereocenters. The van der Waals surface area contributed by atoms with Crippen LogP contribution >= 0.6 is 0 Å². The lowest BCUT2D eigenvalue weighted by Crippen LogP contribution is -2.21. The van der Waals surface area contributed by atoms with Gasteiger partial charge in [0.1, 0.15) is 12.3 Å². The van der Waals surface area contributed by atoms with E-state index in [4.69, 9.17) is 10.2 Å². The van der Waals surface area contributed by atoms with Crippen LogP contribution in [0.25, 0.3) is 0 Å². The minimum absolute atomic E-state index is 0.0312. The summed E-state index contributed by atoms with van der Waals surface area (Å²) in [5.74, 6) is -2.41. The summed E-state index contributed by atoms with van der Waals surface area (Å²) in [6, 6.07) is 0. The molecule has 6 saturated heterocycles. The molecule has 252 valence electrons. The SMILES string of the molecule is CN1CCC(F)(F)C1.CN1CCCC1.CN1CC[C@@H](F)C1.CN1CC[C@@H](O)C1.CN1CC[C@H](F)C1.CN1CC[C@H](O)C1. The van der Waals surface area contributed by atoms with Gasteiger partial charge in [-0.1, -0.05) is 0 Å². The minimum Gasteiger partial charge on any atom is -0.392 e. The average Bonchev–Trinajstić information content (AvgIpc) is 3.75. The molecule has 0 radical (unpaired) electrons. The molecule has 42 heavy (non-hydrogen) atoms. The Hall–Kier alpha value is -0.600. The highest BCUT2D eigenvalue weighted by atomic mass is 19.3. The van der Waals surface area contributed by atoms with Crippen molar-refractivity contribution in [3.8, 4) is 0 Å². The first-order valence-electron chi connectivity index (χ1n) is 15.8. The average molecular weight is 615 g/mol. The van der Waals surface area contributed by atoms with Crippen molar-refractivity contribution in [2.75, 3.05) is 121 Å². The summed E-state index contributed by atoms with van der Waals surface area (Å²) in [7, 11) is 11.8. The lowest BCUT2D eigenvalue weighted by molar-refractivity contribution is 0.0146. The quantitative estimate of drug-likeness (QED) is 0.404. The van der Waals surface area contributed by atoms with Gasteiger partial charge in [0.05, 0.1) is 18.8 Å². The van der Waals surface area contributed by atoms with Crippen molar-refractivity contribution < 1.29 is 27.8 Å². The van der Waals surface area contributed by atoms with E-state index in [1.165, 1.54) is 25.9 Å². The number of rotatable bonds is 0. The summed E-state index contributed by atoms with van der Waals surface area (Å²) >= 11 is 0. The predicted molar refractivity (Wildman–Crippen MR) is 164 cm³/mol. The Labute approximate surface area is 253 Å². The molecule has 6 aliphatic heterocycles. The van der Waals surface area contributed by atoms with Crippen molar-refractivity contribution in [1.29, 1.82) is 0 Å². The van der Waals surface area contributed by atoms with Crippen LogP contribution in [-0.2, 0) is 0 Å². The summed E-state index contributed by atoms with van der Waals surface area (Å²) in [5, 5.41) is 17.7. The molecule has 12 heteroatoms. The topological polar surface area (TPSA) is 59.9 Å². The minimum atomic E-state index is -2.41. The van der Waals surface area contributed by atoms with Gasteiger partial charge in [-0.25, -0.2) is 17.6 Å². The maximum atomic E-state index is 12.2. The Morgan fingerprint density at radius 3 is 0.976 bits per heavy atom. The molecule has 6 aliphatic rings. The maximum Gasteiger partial charge on any atom is 0.261 e. The molecule has 6 fully saturated rings. The number of likely N-dealkylation sites (N-methyl/N-ethyl adjacent to an activating group) is 2. The van der Waals surface area contributed by atoms with E-state index >= 15 is 0 Å². The lowest BCUT2D eigenvalue weighted by atomic mass is 10.3. The fourth-order valence-corrected chi connectivity index (χ4v) is 5.37. The summed E-state index contributed by atoms with van der Waals surface area (Å²) < 4.78 is 48.6. The summed E-state index contributed by atoms with van der Waals surface area (Å²) in [5.41, 5.74) is 0. The van der Waals surface area contributed by atoms with E-state index in [-0.39, 0.29) is 25.2 Å². The molecule has 0 aromatic rings. The Morgan fingerprint density at radius 1 is 0.500 bits per heavy atom. The lowest BCUT2D eigenvalue weighted by Gasteiger charge is -2.06. The smallest absolute Gasteiger partial charge is 0.261 e. The first-order valence-corrected chi connectivity index (χ1v) is 15.8. The van der Waals surface area contributed by atoms with Crippen molar-refractivity contribution in [1.82, 2.24) is 29.4 Å². The van der Waals surface area contributed by atoms with E-state index in [0.29, 0.717) is 19.6 Å². The van der Waals surface area contributed by atoms with E-state index in [1.54, 1.807) is 11.9 Å². The van der Waals surface area contributed by atoms with E-state index < -0.39 is 18.3 Å². The maximum absolute atomic E-state index is 12.2. The van der Waals surface area contributed by atoms with Gasteiger partial charge in [0.15, 0.2) is 0 Å². The summed E-state index contributed by atoms with van der Waals surface area (Å²) in [6.07, 6.45) is 5.03. The molecular weight excluding hydrogens is 552 g/mol. The molecule has 0 saturated carbocycles. The highest BCUT2D eigenvalue weighted by Crippen LogP contribution is 2.25. The number of alkyl halides is 4. The van der Waals surface area contributed by atoms with Gasteiger partial charge in [-0.2, -0.15) is 0 Å². The number of halogens is 4. The van der Waals surface area contributed by atoms with Crippen molar-refractivity contribution in [3.63, 3.8) is 0 Å². The van der Waals surface area contributed by atoms with Crippen LogP contribution in [0.3, 0.4) is 0 Å². The second kappa shape index (κ2) is 21.2. The zero-order chi connectivity index (χ0) is 31.7. The molecular formula is C30H62F4N6O2. The van der Waals surface area contributed by atoms with Gasteiger partial charge in [-0.05, 0) is 93.9 Å². The number of likely N-dealkylation sites (tertiary alicyclic amines) is 6. The zero-order valence-corrected chi connectivity index (χ0v) is 27.3. The number of aliphatic hydroxyl groups excluding tert-OH is 2.